The van der Waals surface area contributed by atoms with Crippen molar-refractivity contribution < 1.29 is 19.1 Å². The summed E-state index contributed by atoms with van der Waals surface area (Å²) in [7, 11) is 0. The number of ketones is 1. The second-order valence-corrected chi connectivity index (χ2v) is 4.96. The van der Waals surface area contributed by atoms with Gasteiger partial charge in [-0.2, -0.15) is 0 Å². The van der Waals surface area contributed by atoms with Crippen molar-refractivity contribution >= 4 is 11.9 Å². The Bertz CT molecular complexity index is 319. The lowest BCUT2D eigenvalue weighted by molar-refractivity contribution is -0.119. The number of amides is 1. The molecule has 0 aliphatic carbocycles. The molecule has 1 aliphatic rings. The maximum Gasteiger partial charge on any atom is 0.408 e. The molecule has 0 aromatic rings. The zero-order valence-electron chi connectivity index (χ0n) is 10.5. The first kappa shape index (κ1) is 13.7. The quantitative estimate of drug-likeness (QED) is 0.759. The molecule has 2 atom stereocenters. The third-order valence-corrected chi connectivity index (χ3v) is 2.23. The van der Waals surface area contributed by atoms with Crippen LogP contribution in [0.25, 0.3) is 0 Å². The average Bonchev–Trinajstić information content (AvgIpc) is 2.47. The van der Waals surface area contributed by atoms with E-state index in [0.717, 1.165) is 0 Å². The molecular formula is C12H19NO4. The van der Waals surface area contributed by atoms with E-state index >= 15 is 0 Å². The van der Waals surface area contributed by atoms with Gasteiger partial charge in [0.1, 0.15) is 18.2 Å². The Morgan fingerprint density at radius 2 is 2.29 bits per heavy atom. The smallest absolute Gasteiger partial charge is 0.408 e. The predicted octanol–water partition coefficient (Wildman–Crippen LogP) is 1.42. The molecule has 17 heavy (non-hydrogen) atoms. The monoisotopic (exact) mass is 241 g/mol. The summed E-state index contributed by atoms with van der Waals surface area (Å²) < 4.78 is 10.3. The molecule has 1 saturated heterocycles. The molecule has 2 unspecified atom stereocenters. The number of ether oxygens (including phenoxy) is 2. The van der Waals surface area contributed by atoms with Crippen LogP contribution in [-0.2, 0) is 14.3 Å². The maximum atomic E-state index is 11.5. The molecule has 1 N–H and O–H groups in total. The normalized spacial score (nSPS) is 24.5. The highest BCUT2D eigenvalue weighted by Crippen LogP contribution is 2.15. The van der Waals surface area contributed by atoms with E-state index in [9.17, 15) is 9.59 Å². The molecule has 5 nitrogen and oxygen atoms in total. The van der Waals surface area contributed by atoms with Crippen LogP contribution in [0.5, 0.6) is 0 Å². The number of carbonyl (C=O) groups excluding carboxylic acids is 2. The Hall–Kier alpha value is -1.36. The molecule has 1 rings (SSSR count). The molecule has 0 radical (unpaired) electrons. The van der Waals surface area contributed by atoms with Crippen LogP contribution in [0.2, 0.25) is 0 Å². The Labute approximate surface area is 101 Å². The number of rotatable bonds is 3. The summed E-state index contributed by atoms with van der Waals surface area (Å²) >= 11 is 0. The molecule has 96 valence electrons. The fourth-order valence-corrected chi connectivity index (χ4v) is 1.56. The Morgan fingerprint density at radius 1 is 1.65 bits per heavy atom. The van der Waals surface area contributed by atoms with Gasteiger partial charge in [0.25, 0.3) is 0 Å². The minimum absolute atomic E-state index is 0.0268. The first-order valence-corrected chi connectivity index (χ1v) is 5.58. The van der Waals surface area contributed by atoms with Crippen molar-refractivity contribution in [2.75, 3.05) is 6.61 Å². The molecule has 0 bridgehead atoms. The molecular weight excluding hydrogens is 222 g/mol. The summed E-state index contributed by atoms with van der Waals surface area (Å²) in [4.78, 5) is 23.1. The summed E-state index contributed by atoms with van der Waals surface area (Å²) in [6, 6.07) is -0.636. The lowest BCUT2D eigenvalue weighted by Gasteiger charge is -2.22. The number of hydrogen-bond acceptors (Lipinski definition) is 4. The van der Waals surface area contributed by atoms with Crippen molar-refractivity contribution in [3.63, 3.8) is 0 Å². The van der Waals surface area contributed by atoms with E-state index in [0.29, 0.717) is 6.42 Å². The molecule has 1 amide bonds. The first-order valence-electron chi connectivity index (χ1n) is 5.58. The highest BCUT2D eigenvalue weighted by Gasteiger charge is 2.36. The van der Waals surface area contributed by atoms with E-state index in [-0.39, 0.29) is 18.5 Å². The summed E-state index contributed by atoms with van der Waals surface area (Å²) in [5.74, 6) is -0.136. The topological polar surface area (TPSA) is 64.6 Å². The number of alkyl carbamates (subject to hydrolysis) is 1. The van der Waals surface area contributed by atoms with E-state index < -0.39 is 17.7 Å². The first-order chi connectivity index (χ1) is 7.83. The van der Waals surface area contributed by atoms with Crippen LogP contribution in [0.4, 0.5) is 4.79 Å². The molecule has 1 heterocycles. The Balaban J connectivity index is 2.56. The van der Waals surface area contributed by atoms with Gasteiger partial charge >= 0.3 is 6.09 Å². The third kappa shape index (κ3) is 4.19. The van der Waals surface area contributed by atoms with E-state index in [1.54, 1.807) is 26.8 Å². The van der Waals surface area contributed by atoms with Gasteiger partial charge in [0.2, 0.25) is 0 Å². The van der Waals surface area contributed by atoms with Crippen LogP contribution in [0.3, 0.4) is 0 Å². The van der Waals surface area contributed by atoms with Crippen molar-refractivity contribution in [3.05, 3.63) is 12.7 Å². The summed E-state index contributed by atoms with van der Waals surface area (Å²) in [5.41, 5.74) is -0.583. The highest BCUT2D eigenvalue weighted by molar-refractivity contribution is 5.90. The third-order valence-electron chi connectivity index (χ3n) is 2.23. The molecule has 0 saturated carbocycles. The van der Waals surface area contributed by atoms with Crippen molar-refractivity contribution in [2.24, 2.45) is 0 Å². The average molecular weight is 241 g/mol. The van der Waals surface area contributed by atoms with Crippen LogP contribution >= 0.6 is 0 Å². The standard InChI is InChI=1S/C12H19NO4/c1-5-6-9-10(8(14)7-16-9)13-11(15)17-12(2,3)4/h5,9-10H,1,6-7H2,2-4H3,(H,13,15). The Morgan fingerprint density at radius 3 is 2.82 bits per heavy atom. The van der Waals surface area contributed by atoms with Gasteiger partial charge in [-0.3, -0.25) is 4.79 Å². The zero-order chi connectivity index (χ0) is 13.1. The van der Waals surface area contributed by atoms with E-state index in [4.69, 9.17) is 9.47 Å². The van der Waals surface area contributed by atoms with Crippen molar-refractivity contribution in [3.8, 4) is 0 Å². The number of hydrogen-bond donors (Lipinski definition) is 1. The van der Waals surface area contributed by atoms with Gasteiger partial charge in [0.15, 0.2) is 5.78 Å². The van der Waals surface area contributed by atoms with E-state index in [1.807, 2.05) is 0 Å². The van der Waals surface area contributed by atoms with Crippen LogP contribution in [0.1, 0.15) is 27.2 Å². The Kier molecular flexibility index (Phi) is 4.28. The molecule has 0 aromatic carbocycles. The molecule has 0 spiro atoms. The number of Topliss-reactive ketones (excluding diaryl/α,β-unsaturated/α-hetero) is 1. The van der Waals surface area contributed by atoms with Crippen molar-refractivity contribution in [2.45, 2.75) is 44.9 Å². The van der Waals surface area contributed by atoms with Crippen LogP contribution in [0.15, 0.2) is 12.7 Å². The molecule has 0 aromatic heterocycles. The number of nitrogens with one attached hydrogen (secondary N) is 1. The summed E-state index contributed by atoms with van der Waals surface area (Å²) in [6.07, 6.45) is 1.24. The van der Waals surface area contributed by atoms with Crippen LogP contribution < -0.4 is 5.32 Å². The minimum atomic E-state index is -0.636. The molecule has 1 aliphatic heterocycles. The fraction of sp³-hybridized carbons (Fsp3) is 0.667. The van der Waals surface area contributed by atoms with Crippen LogP contribution in [0, 0.1) is 0 Å². The van der Waals surface area contributed by atoms with E-state index in [2.05, 4.69) is 11.9 Å². The minimum Gasteiger partial charge on any atom is -0.444 e. The second-order valence-electron chi connectivity index (χ2n) is 4.96. The SMILES string of the molecule is C=CCC1OCC(=O)C1NC(=O)OC(C)(C)C. The molecule has 5 heteroatoms. The van der Waals surface area contributed by atoms with Gasteiger partial charge in [-0.05, 0) is 27.2 Å². The largest absolute Gasteiger partial charge is 0.444 e. The molecule has 1 fully saturated rings. The summed E-state index contributed by atoms with van der Waals surface area (Å²) in [5, 5.41) is 2.54. The van der Waals surface area contributed by atoms with Crippen molar-refractivity contribution in [1.29, 1.82) is 0 Å². The predicted molar refractivity (Wildman–Crippen MR) is 62.7 cm³/mol. The van der Waals surface area contributed by atoms with Gasteiger partial charge in [-0.1, -0.05) is 6.08 Å². The second kappa shape index (κ2) is 5.31. The lowest BCUT2D eigenvalue weighted by atomic mass is 10.1. The van der Waals surface area contributed by atoms with Gasteiger partial charge in [0, 0.05) is 0 Å². The van der Waals surface area contributed by atoms with Gasteiger partial charge in [-0.25, -0.2) is 4.79 Å². The number of carbonyl (C=O) groups is 2. The highest BCUT2D eigenvalue weighted by atomic mass is 16.6. The zero-order valence-corrected chi connectivity index (χ0v) is 10.5. The van der Waals surface area contributed by atoms with Gasteiger partial charge in [-0.15, -0.1) is 6.58 Å². The fourth-order valence-electron chi connectivity index (χ4n) is 1.56. The van der Waals surface area contributed by atoms with Gasteiger partial charge < -0.3 is 14.8 Å². The summed E-state index contributed by atoms with van der Waals surface area (Å²) in [6.45, 7) is 8.91. The van der Waals surface area contributed by atoms with E-state index in [1.165, 1.54) is 0 Å². The van der Waals surface area contributed by atoms with Gasteiger partial charge in [0.05, 0.1) is 6.10 Å². The lowest BCUT2D eigenvalue weighted by Crippen LogP contribution is -2.46. The van der Waals surface area contributed by atoms with Crippen LogP contribution in [-0.4, -0.2) is 36.2 Å². The maximum absolute atomic E-state index is 11.5. The van der Waals surface area contributed by atoms with Crippen molar-refractivity contribution in [1.82, 2.24) is 5.32 Å².